The number of thiophene rings is 1. The molecule has 108 valence electrons. The Morgan fingerprint density at radius 2 is 2.05 bits per heavy atom. The maximum atomic E-state index is 9.07. The zero-order valence-electron chi connectivity index (χ0n) is 11.7. The quantitative estimate of drug-likeness (QED) is 0.781. The molecular formula is C16H21NOS2. The van der Waals surface area contributed by atoms with Gasteiger partial charge in [-0.2, -0.15) is 11.8 Å². The third kappa shape index (κ3) is 4.63. The van der Waals surface area contributed by atoms with Crippen molar-refractivity contribution < 1.29 is 5.11 Å². The summed E-state index contributed by atoms with van der Waals surface area (Å²) in [7, 11) is 0. The van der Waals surface area contributed by atoms with E-state index in [9.17, 15) is 0 Å². The van der Waals surface area contributed by atoms with Gasteiger partial charge in [-0.25, -0.2) is 0 Å². The van der Waals surface area contributed by atoms with E-state index in [-0.39, 0.29) is 6.61 Å². The van der Waals surface area contributed by atoms with Gasteiger partial charge in [-0.3, -0.25) is 0 Å². The van der Waals surface area contributed by atoms with Crippen LogP contribution in [0.1, 0.15) is 11.3 Å². The molecule has 2 aromatic rings. The number of benzene rings is 1. The fourth-order valence-corrected chi connectivity index (χ4v) is 3.63. The van der Waals surface area contributed by atoms with E-state index in [4.69, 9.17) is 5.11 Å². The van der Waals surface area contributed by atoms with Crippen LogP contribution in [-0.2, 0) is 6.54 Å². The Balaban J connectivity index is 1.92. The Morgan fingerprint density at radius 3 is 2.75 bits per heavy atom. The van der Waals surface area contributed by atoms with E-state index >= 15 is 0 Å². The van der Waals surface area contributed by atoms with Gasteiger partial charge >= 0.3 is 0 Å². The Morgan fingerprint density at radius 1 is 1.25 bits per heavy atom. The molecule has 1 aromatic carbocycles. The summed E-state index contributed by atoms with van der Waals surface area (Å²) in [5.41, 5.74) is 2.56. The topological polar surface area (TPSA) is 32.3 Å². The molecule has 2 nitrogen and oxygen atoms in total. The van der Waals surface area contributed by atoms with Crippen LogP contribution in [0.3, 0.4) is 0 Å². The monoisotopic (exact) mass is 307 g/mol. The Bertz CT molecular complexity index is 492. The van der Waals surface area contributed by atoms with E-state index in [0.29, 0.717) is 6.04 Å². The summed E-state index contributed by atoms with van der Waals surface area (Å²) in [5, 5.41) is 14.8. The van der Waals surface area contributed by atoms with Gasteiger partial charge in [-0.1, -0.05) is 30.3 Å². The van der Waals surface area contributed by atoms with Crippen molar-refractivity contribution in [2.45, 2.75) is 19.0 Å². The predicted molar refractivity (Wildman–Crippen MR) is 90.5 cm³/mol. The fraction of sp³-hybridized carbons (Fsp3) is 0.375. The average molecular weight is 307 g/mol. The molecule has 0 saturated carbocycles. The molecule has 2 N–H and O–H groups in total. The van der Waals surface area contributed by atoms with Crippen LogP contribution in [0, 0.1) is 0 Å². The number of thioether (sulfide) groups is 1. The summed E-state index contributed by atoms with van der Waals surface area (Å²) in [6.07, 6.45) is 2.92. The van der Waals surface area contributed by atoms with Crippen LogP contribution >= 0.6 is 23.1 Å². The lowest BCUT2D eigenvalue weighted by molar-refractivity contribution is 0.270. The van der Waals surface area contributed by atoms with Crippen LogP contribution in [0.25, 0.3) is 11.1 Å². The van der Waals surface area contributed by atoms with Crippen LogP contribution in [0.2, 0.25) is 0 Å². The first-order chi connectivity index (χ1) is 9.83. The van der Waals surface area contributed by atoms with Gasteiger partial charge in [0.25, 0.3) is 0 Å². The zero-order chi connectivity index (χ0) is 14.2. The maximum absolute atomic E-state index is 9.07. The third-order valence-corrected chi connectivity index (χ3v) is 4.84. The van der Waals surface area contributed by atoms with Gasteiger partial charge in [-0.05, 0) is 35.2 Å². The molecule has 0 bridgehead atoms. The van der Waals surface area contributed by atoms with Crippen molar-refractivity contribution in [1.82, 2.24) is 5.32 Å². The second-order valence-corrected chi connectivity index (χ2v) is 6.62. The van der Waals surface area contributed by atoms with E-state index in [2.05, 4.69) is 47.3 Å². The van der Waals surface area contributed by atoms with Crippen molar-refractivity contribution in [1.29, 1.82) is 0 Å². The van der Waals surface area contributed by atoms with Gasteiger partial charge in [0.15, 0.2) is 0 Å². The summed E-state index contributed by atoms with van der Waals surface area (Å²) in [5.74, 6) is 1.04. The highest BCUT2D eigenvalue weighted by Gasteiger charge is 2.08. The predicted octanol–water partition coefficient (Wildman–Crippen LogP) is 3.62. The molecule has 0 aliphatic rings. The lowest BCUT2D eigenvalue weighted by atomic mass is 10.1. The minimum atomic E-state index is 0.248. The van der Waals surface area contributed by atoms with Crippen molar-refractivity contribution in [2.75, 3.05) is 18.6 Å². The lowest BCUT2D eigenvalue weighted by Gasteiger charge is -2.15. The Labute approximate surface area is 129 Å². The van der Waals surface area contributed by atoms with Gasteiger partial charge < -0.3 is 10.4 Å². The minimum absolute atomic E-state index is 0.248. The first kappa shape index (κ1) is 15.6. The lowest BCUT2D eigenvalue weighted by Crippen LogP contribution is -2.31. The second-order valence-electron chi connectivity index (χ2n) is 4.71. The molecule has 2 rings (SSSR count). The molecule has 1 unspecified atom stereocenters. The van der Waals surface area contributed by atoms with E-state index in [0.717, 1.165) is 18.7 Å². The molecule has 1 heterocycles. The van der Waals surface area contributed by atoms with Crippen molar-refractivity contribution in [2.24, 2.45) is 0 Å². The van der Waals surface area contributed by atoms with Crippen LogP contribution in [0.5, 0.6) is 0 Å². The smallest absolute Gasteiger partial charge is 0.0446 e. The average Bonchev–Trinajstić information content (AvgIpc) is 2.95. The molecule has 1 aromatic heterocycles. The van der Waals surface area contributed by atoms with Crippen molar-refractivity contribution in [3.8, 4) is 11.1 Å². The summed E-state index contributed by atoms with van der Waals surface area (Å²) < 4.78 is 0. The molecule has 0 amide bonds. The highest BCUT2D eigenvalue weighted by Crippen LogP contribution is 2.25. The van der Waals surface area contributed by atoms with E-state index in [1.54, 1.807) is 11.3 Å². The number of hydrogen-bond acceptors (Lipinski definition) is 4. The van der Waals surface area contributed by atoms with E-state index < -0.39 is 0 Å². The molecule has 0 fully saturated rings. The van der Waals surface area contributed by atoms with Crippen LogP contribution < -0.4 is 5.32 Å². The van der Waals surface area contributed by atoms with Crippen molar-refractivity contribution in [3.05, 3.63) is 46.7 Å². The number of aliphatic hydroxyl groups excluding tert-OH is 1. The van der Waals surface area contributed by atoms with Crippen LogP contribution in [0.4, 0.5) is 0 Å². The zero-order valence-corrected chi connectivity index (χ0v) is 13.3. The number of hydrogen-bond donors (Lipinski definition) is 2. The molecule has 4 heteroatoms. The molecule has 0 spiro atoms. The van der Waals surface area contributed by atoms with Gasteiger partial charge in [0, 0.05) is 29.8 Å². The number of aliphatic hydroxyl groups is 1. The normalized spacial score (nSPS) is 12.5. The number of nitrogens with one attached hydrogen (secondary N) is 1. The Hall–Kier alpha value is -0.810. The highest BCUT2D eigenvalue weighted by molar-refractivity contribution is 7.98. The first-order valence-electron chi connectivity index (χ1n) is 6.79. The summed E-state index contributed by atoms with van der Waals surface area (Å²) in [6.45, 7) is 1.13. The second kappa shape index (κ2) is 8.47. The fourth-order valence-electron chi connectivity index (χ4n) is 2.10. The molecular weight excluding hydrogens is 286 g/mol. The highest BCUT2D eigenvalue weighted by atomic mass is 32.2. The van der Waals surface area contributed by atoms with Crippen LogP contribution in [0.15, 0.2) is 41.8 Å². The van der Waals surface area contributed by atoms with Crippen molar-refractivity contribution in [3.63, 3.8) is 0 Å². The van der Waals surface area contributed by atoms with Crippen LogP contribution in [-0.4, -0.2) is 29.8 Å². The molecule has 20 heavy (non-hydrogen) atoms. The van der Waals surface area contributed by atoms with Crippen molar-refractivity contribution >= 4 is 23.1 Å². The molecule has 1 atom stereocenters. The first-order valence-corrected chi connectivity index (χ1v) is 9.07. The van der Waals surface area contributed by atoms with Gasteiger partial charge in [0.2, 0.25) is 0 Å². The maximum Gasteiger partial charge on any atom is 0.0446 e. The summed E-state index contributed by atoms with van der Waals surface area (Å²) in [6, 6.07) is 13.1. The third-order valence-electron chi connectivity index (χ3n) is 3.17. The largest absolute Gasteiger partial charge is 0.396 e. The molecule has 0 radical (unpaired) electrons. The Kier molecular flexibility index (Phi) is 6.60. The standard InChI is InChI=1S/C16H21NOS2/c1-19-12-15(7-8-18)17-10-16-9-14(11-20-16)13-5-3-2-4-6-13/h2-6,9,11,15,17-18H,7-8,10,12H2,1H3. The summed E-state index contributed by atoms with van der Waals surface area (Å²) in [4.78, 5) is 1.34. The molecule has 0 saturated heterocycles. The SMILES string of the molecule is CSCC(CCO)NCc1cc(-c2ccccc2)cs1. The van der Waals surface area contributed by atoms with E-state index in [1.807, 2.05) is 17.8 Å². The van der Waals surface area contributed by atoms with Gasteiger partial charge in [-0.15, -0.1) is 11.3 Å². The molecule has 0 aliphatic heterocycles. The van der Waals surface area contributed by atoms with E-state index in [1.165, 1.54) is 16.0 Å². The number of rotatable bonds is 8. The molecule has 0 aliphatic carbocycles. The van der Waals surface area contributed by atoms with Gasteiger partial charge in [0.1, 0.15) is 0 Å². The van der Waals surface area contributed by atoms with Gasteiger partial charge in [0.05, 0.1) is 0 Å². The minimum Gasteiger partial charge on any atom is -0.396 e. The summed E-state index contributed by atoms with van der Waals surface area (Å²) >= 11 is 3.61.